The third-order valence-electron chi connectivity index (χ3n) is 2.54. The molecule has 1 N–H and O–H groups in total. The number of rotatable bonds is 5. The number of carbonyl (C=O) groups is 1. The summed E-state index contributed by atoms with van der Waals surface area (Å²) in [5.41, 5.74) is 1.07. The molecule has 94 valence electrons. The number of nitrogens with one attached hydrogen (secondary N) is 1. The van der Waals surface area contributed by atoms with E-state index in [1.807, 2.05) is 47.8 Å². The lowest BCUT2D eigenvalue weighted by atomic mass is 10.1. The van der Waals surface area contributed by atoms with Crippen LogP contribution in [0.15, 0.2) is 47.8 Å². The number of hydrogen-bond donors (Lipinski definition) is 1. The smallest absolute Gasteiger partial charge is 0.246 e. The largest absolute Gasteiger partial charge is 0.375 e. The Bertz CT molecular complexity index is 482. The summed E-state index contributed by atoms with van der Waals surface area (Å²) in [6.07, 6.45) is 0. The summed E-state index contributed by atoms with van der Waals surface area (Å²) in [4.78, 5) is 12.8. The molecule has 1 aromatic carbocycles. The van der Waals surface area contributed by atoms with E-state index in [9.17, 15) is 4.79 Å². The zero-order valence-electron chi connectivity index (χ0n) is 10.1. The van der Waals surface area contributed by atoms with Crippen molar-refractivity contribution in [2.24, 2.45) is 0 Å². The van der Waals surface area contributed by atoms with Crippen LogP contribution in [0.3, 0.4) is 0 Å². The second-order valence-corrected chi connectivity index (χ2v) is 4.84. The minimum absolute atomic E-state index is 0.0781. The fourth-order valence-corrected chi connectivity index (χ4v) is 2.56. The van der Waals surface area contributed by atoms with Gasteiger partial charge in [-0.05, 0) is 17.0 Å². The van der Waals surface area contributed by atoms with E-state index in [0.717, 1.165) is 10.4 Å². The molecule has 3 nitrogen and oxygen atoms in total. The number of methoxy groups -OCH3 is 1. The Morgan fingerprint density at radius 2 is 2.06 bits per heavy atom. The lowest BCUT2D eigenvalue weighted by molar-refractivity contribution is -0.125. The summed E-state index contributed by atoms with van der Waals surface area (Å²) in [7, 11) is 1.52. The third-order valence-corrected chi connectivity index (χ3v) is 3.48. The normalized spacial score (nSPS) is 12.1. The number of ether oxygens (including phenoxy) is 1. The molecule has 0 aliphatic heterocycles. The van der Waals surface area contributed by atoms with Crippen LogP contribution in [-0.4, -0.2) is 19.6 Å². The van der Waals surface area contributed by atoms with E-state index in [1.165, 1.54) is 7.11 Å². The van der Waals surface area contributed by atoms with Gasteiger partial charge in [-0.25, -0.2) is 0 Å². The van der Waals surface area contributed by atoms with Crippen LogP contribution < -0.4 is 5.32 Å². The van der Waals surface area contributed by atoms with Crippen molar-refractivity contribution < 1.29 is 9.53 Å². The Morgan fingerprint density at radius 1 is 1.28 bits per heavy atom. The highest BCUT2D eigenvalue weighted by atomic mass is 32.1. The molecule has 0 saturated carbocycles. The molecule has 18 heavy (non-hydrogen) atoms. The maximum Gasteiger partial charge on any atom is 0.246 e. The van der Waals surface area contributed by atoms with E-state index < -0.39 is 0 Å². The van der Waals surface area contributed by atoms with E-state index >= 15 is 0 Å². The first-order chi connectivity index (χ1) is 8.81. The van der Waals surface area contributed by atoms with Crippen molar-refractivity contribution in [3.8, 4) is 0 Å². The quantitative estimate of drug-likeness (QED) is 0.898. The second kappa shape index (κ2) is 6.33. The first kappa shape index (κ1) is 12.8. The van der Waals surface area contributed by atoms with Gasteiger partial charge in [0.25, 0.3) is 0 Å². The highest BCUT2D eigenvalue weighted by Gasteiger charge is 2.17. The second-order valence-electron chi connectivity index (χ2n) is 3.86. The van der Waals surface area contributed by atoms with Crippen LogP contribution in [0.5, 0.6) is 0 Å². The van der Waals surface area contributed by atoms with Crippen molar-refractivity contribution in [1.82, 2.24) is 5.32 Å². The average molecular weight is 261 g/mol. The Kier molecular flexibility index (Phi) is 4.50. The zero-order valence-corrected chi connectivity index (χ0v) is 10.9. The van der Waals surface area contributed by atoms with Crippen molar-refractivity contribution >= 4 is 17.2 Å². The molecule has 0 aliphatic carbocycles. The maximum absolute atomic E-state index is 11.7. The number of benzene rings is 1. The number of hydrogen-bond acceptors (Lipinski definition) is 3. The van der Waals surface area contributed by atoms with Gasteiger partial charge in [0.1, 0.15) is 6.61 Å². The molecule has 0 fully saturated rings. The molecule has 4 heteroatoms. The topological polar surface area (TPSA) is 38.3 Å². The Hall–Kier alpha value is -1.65. The van der Waals surface area contributed by atoms with E-state index in [-0.39, 0.29) is 18.6 Å². The first-order valence-electron chi connectivity index (χ1n) is 5.68. The third kappa shape index (κ3) is 3.18. The summed E-state index contributed by atoms with van der Waals surface area (Å²) in [6, 6.07) is 13.8. The predicted molar refractivity (Wildman–Crippen MR) is 72.6 cm³/mol. The molecule has 0 radical (unpaired) electrons. The van der Waals surface area contributed by atoms with Crippen molar-refractivity contribution in [2.45, 2.75) is 6.04 Å². The SMILES string of the molecule is COCC(=O)N[C@@H](c1ccccc1)c1cccs1. The minimum atomic E-state index is -0.111. The fraction of sp³-hybridized carbons (Fsp3) is 0.214. The van der Waals surface area contributed by atoms with Crippen LogP contribution in [0.1, 0.15) is 16.5 Å². The van der Waals surface area contributed by atoms with Crippen LogP contribution >= 0.6 is 11.3 Å². The van der Waals surface area contributed by atoms with Gasteiger partial charge in [0.05, 0.1) is 6.04 Å². The summed E-state index contributed by atoms with van der Waals surface area (Å²) in [5, 5.41) is 4.99. The molecule has 1 heterocycles. The summed E-state index contributed by atoms with van der Waals surface area (Å²) in [6.45, 7) is 0.0781. The molecular weight excluding hydrogens is 246 g/mol. The molecule has 0 saturated heterocycles. The Labute approximate surface area is 110 Å². The summed E-state index contributed by atoms with van der Waals surface area (Å²) >= 11 is 1.63. The number of thiophene rings is 1. The van der Waals surface area contributed by atoms with Gasteiger partial charge in [0, 0.05) is 12.0 Å². The van der Waals surface area contributed by atoms with Gasteiger partial charge in [-0.15, -0.1) is 11.3 Å². The molecule has 0 bridgehead atoms. The molecule has 2 rings (SSSR count). The predicted octanol–water partition coefficient (Wildman–Crippen LogP) is 2.60. The van der Waals surface area contributed by atoms with Gasteiger partial charge in [0.2, 0.25) is 5.91 Å². The highest BCUT2D eigenvalue weighted by Crippen LogP contribution is 2.25. The van der Waals surface area contributed by atoms with E-state index in [0.29, 0.717) is 0 Å². The van der Waals surface area contributed by atoms with E-state index in [1.54, 1.807) is 11.3 Å². The lowest BCUT2D eigenvalue weighted by Crippen LogP contribution is -2.31. The van der Waals surface area contributed by atoms with E-state index in [2.05, 4.69) is 5.32 Å². The molecule has 0 spiro atoms. The summed E-state index contributed by atoms with van der Waals surface area (Å²) < 4.78 is 4.85. The summed E-state index contributed by atoms with van der Waals surface area (Å²) in [5.74, 6) is -0.111. The lowest BCUT2D eigenvalue weighted by Gasteiger charge is -2.17. The van der Waals surface area contributed by atoms with E-state index in [4.69, 9.17) is 4.74 Å². The van der Waals surface area contributed by atoms with Crippen molar-refractivity contribution in [2.75, 3.05) is 13.7 Å². The monoisotopic (exact) mass is 261 g/mol. The Balaban J connectivity index is 2.22. The molecule has 0 aliphatic rings. The van der Waals surface area contributed by atoms with Gasteiger partial charge in [-0.3, -0.25) is 4.79 Å². The van der Waals surface area contributed by atoms with Crippen molar-refractivity contribution in [1.29, 1.82) is 0 Å². The molecule has 1 aromatic heterocycles. The molecule has 1 amide bonds. The van der Waals surface area contributed by atoms with Gasteiger partial charge in [-0.1, -0.05) is 36.4 Å². The van der Waals surface area contributed by atoms with Gasteiger partial charge >= 0.3 is 0 Å². The van der Waals surface area contributed by atoms with Crippen LogP contribution in [-0.2, 0) is 9.53 Å². The molecule has 0 unspecified atom stereocenters. The molecule has 2 aromatic rings. The number of amides is 1. The number of carbonyl (C=O) groups excluding carboxylic acids is 1. The first-order valence-corrected chi connectivity index (χ1v) is 6.56. The van der Waals surface area contributed by atoms with Gasteiger partial charge in [0.15, 0.2) is 0 Å². The standard InChI is InChI=1S/C14H15NO2S/c1-17-10-13(16)15-14(12-8-5-9-18-12)11-6-3-2-4-7-11/h2-9,14H,10H2,1H3,(H,15,16)/t14-/m0/s1. The van der Waals surface area contributed by atoms with Crippen LogP contribution in [0.25, 0.3) is 0 Å². The van der Waals surface area contributed by atoms with Crippen molar-refractivity contribution in [3.05, 3.63) is 58.3 Å². The van der Waals surface area contributed by atoms with Gasteiger partial charge < -0.3 is 10.1 Å². The maximum atomic E-state index is 11.7. The average Bonchev–Trinajstić information content (AvgIpc) is 2.91. The Morgan fingerprint density at radius 3 is 2.67 bits per heavy atom. The van der Waals surface area contributed by atoms with Crippen LogP contribution in [0.4, 0.5) is 0 Å². The fourth-order valence-electron chi connectivity index (χ4n) is 1.75. The van der Waals surface area contributed by atoms with Crippen LogP contribution in [0, 0.1) is 0 Å². The van der Waals surface area contributed by atoms with Crippen LogP contribution in [0.2, 0.25) is 0 Å². The highest BCUT2D eigenvalue weighted by molar-refractivity contribution is 7.10. The molecular formula is C14H15NO2S. The minimum Gasteiger partial charge on any atom is -0.375 e. The van der Waals surface area contributed by atoms with Gasteiger partial charge in [-0.2, -0.15) is 0 Å². The van der Waals surface area contributed by atoms with Crippen molar-refractivity contribution in [3.63, 3.8) is 0 Å². The molecule has 1 atom stereocenters. The zero-order chi connectivity index (χ0) is 12.8.